The third-order valence-corrected chi connectivity index (χ3v) is 1.39. The summed E-state index contributed by atoms with van der Waals surface area (Å²) >= 11 is 0. The zero-order valence-electron chi connectivity index (χ0n) is 10.7. The van der Waals surface area contributed by atoms with Crippen LogP contribution in [0.15, 0.2) is 12.7 Å². The normalized spacial score (nSPS) is 7.92. The molecule has 0 N–H and O–H groups in total. The third-order valence-electron chi connectivity index (χ3n) is 1.39. The summed E-state index contributed by atoms with van der Waals surface area (Å²) in [4.78, 5) is 0. The van der Waals surface area contributed by atoms with E-state index in [0.717, 1.165) is 5.92 Å². The molecule has 0 aromatic carbocycles. The fraction of sp³-hybridized carbons (Fsp3) is 0.846. The first-order valence-electron chi connectivity index (χ1n) is 5.76. The minimum absolute atomic E-state index is 0.904. The predicted octanol–water partition coefficient (Wildman–Crippen LogP) is 5.44. The molecule has 0 bridgehead atoms. The summed E-state index contributed by atoms with van der Waals surface area (Å²) in [6.07, 6.45) is 7.35. The van der Waals surface area contributed by atoms with E-state index >= 15 is 0 Å². The van der Waals surface area contributed by atoms with Crippen molar-refractivity contribution in [3.8, 4) is 0 Å². The van der Waals surface area contributed by atoms with Gasteiger partial charge in [-0.1, -0.05) is 66.4 Å². The van der Waals surface area contributed by atoms with Crippen LogP contribution in [0.1, 0.15) is 67.2 Å². The van der Waals surface area contributed by atoms with Crippen molar-refractivity contribution in [2.24, 2.45) is 5.92 Å². The number of unbranched alkanes of at least 4 members (excludes halogenated alkanes) is 2. The summed E-state index contributed by atoms with van der Waals surface area (Å²) in [5.41, 5.74) is 0. The topological polar surface area (TPSA) is 0 Å². The van der Waals surface area contributed by atoms with E-state index in [0.29, 0.717) is 0 Å². The van der Waals surface area contributed by atoms with Crippen molar-refractivity contribution in [2.45, 2.75) is 67.2 Å². The molecule has 0 radical (unpaired) electrons. The Bertz CT molecular complexity index is 62.4. The first-order chi connectivity index (χ1) is 6.18. The third kappa shape index (κ3) is 49.6. The lowest BCUT2D eigenvalue weighted by atomic mass is 10.1. The highest BCUT2D eigenvalue weighted by Gasteiger charge is 1.90. The molecule has 0 aromatic rings. The molecule has 0 aliphatic carbocycles. The summed E-state index contributed by atoms with van der Waals surface area (Å²) in [5.74, 6) is 0.904. The average Bonchev–Trinajstić information content (AvgIpc) is 2.09. The van der Waals surface area contributed by atoms with Gasteiger partial charge in [-0.05, 0) is 12.8 Å². The van der Waals surface area contributed by atoms with Gasteiger partial charge < -0.3 is 0 Å². The van der Waals surface area contributed by atoms with Gasteiger partial charge in [-0.25, -0.2) is 0 Å². The molecule has 0 saturated heterocycles. The highest BCUT2D eigenvalue weighted by atomic mass is 14.0. The van der Waals surface area contributed by atoms with Crippen LogP contribution in [0.3, 0.4) is 0 Å². The minimum atomic E-state index is 0.904. The lowest BCUT2D eigenvalue weighted by Crippen LogP contribution is -1.85. The first-order valence-corrected chi connectivity index (χ1v) is 5.76. The van der Waals surface area contributed by atoms with E-state index in [2.05, 4.69) is 27.4 Å². The molecular formula is C13H30. The van der Waals surface area contributed by atoms with Gasteiger partial charge in [0.1, 0.15) is 0 Å². The Morgan fingerprint density at radius 1 is 1.15 bits per heavy atom. The van der Waals surface area contributed by atoms with Crippen molar-refractivity contribution in [3.63, 3.8) is 0 Å². The Labute approximate surface area is 86.4 Å². The molecule has 0 unspecified atom stereocenters. The molecule has 0 nitrogen and oxygen atoms in total. The Hall–Kier alpha value is -0.260. The van der Waals surface area contributed by atoms with Crippen LogP contribution in [0.4, 0.5) is 0 Å². The van der Waals surface area contributed by atoms with Gasteiger partial charge in [0.2, 0.25) is 0 Å². The number of hydrogen-bond acceptors (Lipinski definition) is 0. The van der Waals surface area contributed by atoms with Crippen LogP contribution in [0, 0.1) is 5.92 Å². The van der Waals surface area contributed by atoms with Crippen molar-refractivity contribution in [3.05, 3.63) is 12.7 Å². The van der Waals surface area contributed by atoms with Crippen molar-refractivity contribution >= 4 is 0 Å². The minimum Gasteiger partial charge on any atom is -0.103 e. The van der Waals surface area contributed by atoms with Gasteiger partial charge in [-0.15, -0.1) is 6.58 Å². The molecule has 82 valence electrons. The summed E-state index contributed by atoms with van der Waals surface area (Å²) in [6, 6.07) is 0. The smallest absolute Gasteiger partial charge is 0.0471 e. The molecule has 0 rings (SSSR count). The maximum Gasteiger partial charge on any atom is -0.0471 e. The molecule has 0 fully saturated rings. The molecular weight excluding hydrogens is 156 g/mol. The number of rotatable bonds is 4. The van der Waals surface area contributed by atoms with Crippen LogP contribution in [-0.2, 0) is 0 Å². The van der Waals surface area contributed by atoms with E-state index in [4.69, 9.17) is 0 Å². The Morgan fingerprint density at radius 2 is 1.54 bits per heavy atom. The van der Waals surface area contributed by atoms with E-state index < -0.39 is 0 Å². The van der Waals surface area contributed by atoms with Crippen LogP contribution < -0.4 is 0 Å². The second-order valence-electron chi connectivity index (χ2n) is 3.30. The first kappa shape index (κ1) is 18.5. The largest absolute Gasteiger partial charge is 0.103 e. The van der Waals surface area contributed by atoms with Crippen LogP contribution in [0.2, 0.25) is 0 Å². The fourth-order valence-corrected chi connectivity index (χ4v) is 0.803. The molecule has 0 heteroatoms. The van der Waals surface area contributed by atoms with E-state index in [1.165, 1.54) is 25.7 Å². The Balaban J connectivity index is -0.000000169. The highest BCUT2D eigenvalue weighted by Crippen LogP contribution is 2.06. The molecule has 0 spiro atoms. The van der Waals surface area contributed by atoms with Crippen molar-refractivity contribution in [2.75, 3.05) is 0 Å². The maximum absolute atomic E-state index is 3.36. The van der Waals surface area contributed by atoms with Gasteiger partial charge in [-0.2, -0.15) is 0 Å². The van der Waals surface area contributed by atoms with Gasteiger partial charge in [0.05, 0.1) is 0 Å². The summed E-state index contributed by atoms with van der Waals surface area (Å²) < 4.78 is 0. The van der Waals surface area contributed by atoms with Gasteiger partial charge in [0, 0.05) is 0 Å². The number of hydrogen-bond donors (Lipinski definition) is 0. The van der Waals surface area contributed by atoms with E-state index in [1.807, 2.05) is 20.8 Å². The van der Waals surface area contributed by atoms with Crippen LogP contribution in [0.5, 0.6) is 0 Å². The zero-order chi connectivity index (χ0) is 11.1. The second-order valence-corrected chi connectivity index (χ2v) is 3.30. The van der Waals surface area contributed by atoms with Crippen molar-refractivity contribution in [1.82, 2.24) is 0 Å². The van der Waals surface area contributed by atoms with E-state index in [9.17, 15) is 0 Å². The summed E-state index contributed by atoms with van der Waals surface area (Å²) in [7, 11) is 0. The quantitative estimate of drug-likeness (QED) is 0.405. The lowest BCUT2D eigenvalue weighted by Gasteiger charge is -2.00. The molecule has 0 amide bonds. The molecule has 0 atom stereocenters. The molecule has 0 aliphatic heterocycles. The molecule has 0 heterocycles. The SMILES string of the molecule is C=CC.CC.CCCCCC(C)C. The van der Waals surface area contributed by atoms with Gasteiger partial charge in [0.15, 0.2) is 0 Å². The summed E-state index contributed by atoms with van der Waals surface area (Å²) in [5, 5.41) is 0. The van der Waals surface area contributed by atoms with Gasteiger partial charge in [0.25, 0.3) is 0 Å². The predicted molar refractivity (Wildman–Crippen MR) is 66.2 cm³/mol. The van der Waals surface area contributed by atoms with Gasteiger partial charge in [-0.3, -0.25) is 0 Å². The Kier molecular flexibility index (Phi) is 32.2. The lowest BCUT2D eigenvalue weighted by molar-refractivity contribution is 0.534. The van der Waals surface area contributed by atoms with Gasteiger partial charge >= 0.3 is 0 Å². The standard InChI is InChI=1S/C8H18.C3H6.C2H6/c1-4-5-6-7-8(2)3;1-3-2;1-2/h8H,4-7H2,1-3H3;3H,1H2,2H3;1-2H3. The number of allylic oxidation sites excluding steroid dienone is 1. The molecule has 13 heavy (non-hydrogen) atoms. The second kappa shape index (κ2) is 22.6. The average molecular weight is 186 g/mol. The monoisotopic (exact) mass is 186 g/mol. The highest BCUT2D eigenvalue weighted by molar-refractivity contribution is 4.51. The molecule has 0 aliphatic rings. The fourth-order valence-electron chi connectivity index (χ4n) is 0.803. The van der Waals surface area contributed by atoms with E-state index in [1.54, 1.807) is 6.08 Å². The zero-order valence-corrected chi connectivity index (χ0v) is 10.7. The Morgan fingerprint density at radius 3 is 1.77 bits per heavy atom. The van der Waals surface area contributed by atoms with Crippen LogP contribution in [-0.4, -0.2) is 0 Å². The summed E-state index contributed by atoms with van der Waals surface area (Å²) in [6.45, 7) is 16.1. The van der Waals surface area contributed by atoms with Crippen LogP contribution in [0.25, 0.3) is 0 Å². The van der Waals surface area contributed by atoms with Crippen molar-refractivity contribution in [1.29, 1.82) is 0 Å². The van der Waals surface area contributed by atoms with Crippen LogP contribution >= 0.6 is 0 Å². The van der Waals surface area contributed by atoms with E-state index in [-0.39, 0.29) is 0 Å². The maximum atomic E-state index is 3.36. The van der Waals surface area contributed by atoms with Crippen molar-refractivity contribution < 1.29 is 0 Å². The molecule has 0 saturated carbocycles. The molecule has 0 aromatic heterocycles.